The molecule has 3 heterocycles. The fraction of sp³-hybridized carbons (Fsp3) is 0.400. The lowest BCUT2D eigenvalue weighted by molar-refractivity contribution is -0.130. The zero-order chi connectivity index (χ0) is 21.1. The molecule has 2 fully saturated rings. The normalized spacial score (nSPS) is 18.8. The average molecular weight is 415 g/mol. The summed E-state index contributed by atoms with van der Waals surface area (Å²) in [4.78, 5) is 38.2. The van der Waals surface area contributed by atoms with Crippen LogP contribution in [0, 0.1) is 5.82 Å². The third-order valence-corrected chi connectivity index (χ3v) is 5.14. The number of amides is 3. The molecule has 1 atom stereocenters. The Kier molecular flexibility index (Phi) is 5.64. The van der Waals surface area contributed by atoms with Crippen LogP contribution in [0.2, 0.25) is 0 Å². The van der Waals surface area contributed by atoms with Crippen molar-refractivity contribution >= 4 is 17.6 Å². The summed E-state index contributed by atoms with van der Waals surface area (Å²) in [6.07, 6.45) is 3.46. The average Bonchev–Trinajstić information content (AvgIpc) is 3.36. The first-order chi connectivity index (χ1) is 14.5. The Morgan fingerprint density at radius 1 is 1.17 bits per heavy atom. The number of hydrogen-bond acceptors (Lipinski definition) is 6. The van der Waals surface area contributed by atoms with E-state index in [2.05, 4.69) is 9.97 Å². The molecule has 0 radical (unpaired) electrons. The van der Waals surface area contributed by atoms with Gasteiger partial charge in [-0.15, -0.1) is 0 Å². The third kappa shape index (κ3) is 4.27. The van der Waals surface area contributed by atoms with Gasteiger partial charge in [0.15, 0.2) is 0 Å². The van der Waals surface area contributed by atoms with Gasteiger partial charge in [0.1, 0.15) is 18.5 Å². The number of anilines is 1. The number of urea groups is 1. The summed E-state index contributed by atoms with van der Waals surface area (Å²) in [5, 5.41) is 0. The van der Waals surface area contributed by atoms with Crippen LogP contribution in [-0.4, -0.2) is 77.6 Å². The standard InChI is InChI=1S/C20H22FN5O4/c1-29-17-10-22-11-18(23-17)30-16-6-7-24(12-16)19(27)13-25-8-9-26(20(25)28)15-4-2-14(21)3-5-15/h2-5,10-11,16H,6-9,12-13H2,1H3. The van der Waals surface area contributed by atoms with Crippen molar-refractivity contribution in [2.45, 2.75) is 12.5 Å². The number of carbonyl (C=O) groups is 2. The molecule has 10 heteroatoms. The molecule has 0 N–H and O–H groups in total. The van der Waals surface area contributed by atoms with E-state index in [9.17, 15) is 14.0 Å². The van der Waals surface area contributed by atoms with Crippen LogP contribution in [0.1, 0.15) is 6.42 Å². The van der Waals surface area contributed by atoms with Crippen molar-refractivity contribution < 1.29 is 23.5 Å². The number of ether oxygens (including phenoxy) is 2. The number of nitrogens with zero attached hydrogens (tertiary/aromatic N) is 5. The van der Waals surface area contributed by atoms with Gasteiger partial charge in [-0.05, 0) is 24.3 Å². The molecule has 9 nitrogen and oxygen atoms in total. The highest BCUT2D eigenvalue weighted by Crippen LogP contribution is 2.22. The highest BCUT2D eigenvalue weighted by molar-refractivity contribution is 5.96. The van der Waals surface area contributed by atoms with Crippen molar-refractivity contribution in [3.05, 3.63) is 42.5 Å². The Hall–Kier alpha value is -3.43. The lowest BCUT2D eigenvalue weighted by Gasteiger charge is -2.22. The molecule has 4 rings (SSSR count). The molecule has 1 aromatic carbocycles. The van der Waals surface area contributed by atoms with Crippen LogP contribution in [0.15, 0.2) is 36.7 Å². The molecule has 0 saturated carbocycles. The van der Waals surface area contributed by atoms with E-state index in [1.165, 1.54) is 36.5 Å². The minimum atomic E-state index is -0.358. The van der Waals surface area contributed by atoms with E-state index < -0.39 is 0 Å². The van der Waals surface area contributed by atoms with Crippen LogP contribution in [0.25, 0.3) is 0 Å². The molecule has 2 aliphatic heterocycles. The van der Waals surface area contributed by atoms with E-state index in [0.717, 1.165) is 0 Å². The zero-order valence-corrected chi connectivity index (χ0v) is 16.5. The number of hydrogen-bond donors (Lipinski definition) is 0. The fourth-order valence-electron chi connectivity index (χ4n) is 3.56. The van der Waals surface area contributed by atoms with Gasteiger partial charge in [0.25, 0.3) is 0 Å². The van der Waals surface area contributed by atoms with Crippen molar-refractivity contribution in [2.24, 2.45) is 0 Å². The summed E-state index contributed by atoms with van der Waals surface area (Å²) in [5.41, 5.74) is 0.616. The number of rotatable bonds is 6. The number of halogens is 1. The van der Waals surface area contributed by atoms with Crippen molar-refractivity contribution in [1.29, 1.82) is 0 Å². The molecule has 2 aromatic rings. The quantitative estimate of drug-likeness (QED) is 0.711. The molecular formula is C20H22FN5O4. The Balaban J connectivity index is 1.30. The molecule has 1 unspecified atom stereocenters. The van der Waals surface area contributed by atoms with Gasteiger partial charge >= 0.3 is 6.03 Å². The molecule has 3 amide bonds. The van der Waals surface area contributed by atoms with Crippen molar-refractivity contribution in [2.75, 3.05) is 44.7 Å². The van der Waals surface area contributed by atoms with Crippen LogP contribution in [0.5, 0.6) is 11.8 Å². The number of methoxy groups -OCH3 is 1. The predicted molar refractivity (Wildman–Crippen MR) is 105 cm³/mol. The van der Waals surface area contributed by atoms with Gasteiger partial charge in [-0.3, -0.25) is 14.7 Å². The van der Waals surface area contributed by atoms with E-state index >= 15 is 0 Å². The second-order valence-electron chi connectivity index (χ2n) is 7.10. The Morgan fingerprint density at radius 3 is 2.70 bits per heavy atom. The lowest BCUT2D eigenvalue weighted by Crippen LogP contribution is -2.42. The van der Waals surface area contributed by atoms with Crippen molar-refractivity contribution in [3.63, 3.8) is 0 Å². The van der Waals surface area contributed by atoms with Gasteiger partial charge in [-0.25, -0.2) is 9.18 Å². The van der Waals surface area contributed by atoms with Gasteiger partial charge < -0.3 is 19.3 Å². The van der Waals surface area contributed by atoms with Crippen LogP contribution >= 0.6 is 0 Å². The molecule has 2 saturated heterocycles. The Morgan fingerprint density at radius 2 is 1.93 bits per heavy atom. The van der Waals surface area contributed by atoms with Gasteiger partial charge in [0.05, 0.1) is 26.0 Å². The van der Waals surface area contributed by atoms with E-state index in [-0.39, 0.29) is 30.4 Å². The van der Waals surface area contributed by atoms with E-state index in [1.807, 2.05) is 0 Å². The maximum Gasteiger partial charge on any atom is 0.325 e. The van der Waals surface area contributed by atoms with Gasteiger partial charge in [0.2, 0.25) is 17.7 Å². The summed E-state index contributed by atoms with van der Waals surface area (Å²) in [6.45, 7) is 1.86. The second-order valence-corrected chi connectivity index (χ2v) is 7.10. The van der Waals surface area contributed by atoms with Gasteiger partial charge in [-0.1, -0.05) is 0 Å². The molecule has 30 heavy (non-hydrogen) atoms. The van der Waals surface area contributed by atoms with E-state index in [0.29, 0.717) is 50.0 Å². The molecule has 0 aliphatic carbocycles. The Labute approximate surface area is 173 Å². The Bertz CT molecular complexity index is 926. The monoisotopic (exact) mass is 415 g/mol. The topological polar surface area (TPSA) is 88.1 Å². The number of benzene rings is 1. The highest BCUT2D eigenvalue weighted by Gasteiger charge is 2.34. The number of aromatic nitrogens is 2. The minimum Gasteiger partial charge on any atom is -0.480 e. The summed E-state index contributed by atoms with van der Waals surface area (Å²) < 4.78 is 23.9. The van der Waals surface area contributed by atoms with Gasteiger partial charge in [0, 0.05) is 31.7 Å². The number of likely N-dealkylation sites (tertiary alicyclic amines) is 1. The first kappa shape index (κ1) is 19.9. The maximum atomic E-state index is 13.1. The summed E-state index contributed by atoms with van der Waals surface area (Å²) in [6, 6.07) is 5.49. The lowest BCUT2D eigenvalue weighted by atomic mass is 10.3. The molecule has 1 aromatic heterocycles. The molecule has 0 spiro atoms. The highest BCUT2D eigenvalue weighted by atomic mass is 19.1. The van der Waals surface area contributed by atoms with E-state index in [4.69, 9.17) is 9.47 Å². The molecule has 2 aliphatic rings. The van der Waals surface area contributed by atoms with E-state index in [1.54, 1.807) is 21.9 Å². The van der Waals surface area contributed by atoms with Crippen LogP contribution in [-0.2, 0) is 4.79 Å². The van der Waals surface area contributed by atoms with Crippen LogP contribution in [0.3, 0.4) is 0 Å². The predicted octanol–water partition coefficient (Wildman–Crippen LogP) is 1.55. The summed E-state index contributed by atoms with van der Waals surface area (Å²) in [5.74, 6) is 0.213. The summed E-state index contributed by atoms with van der Waals surface area (Å²) in [7, 11) is 1.50. The number of carbonyl (C=O) groups excluding carboxylic acids is 2. The minimum absolute atomic E-state index is 0.00220. The first-order valence-electron chi connectivity index (χ1n) is 9.66. The first-order valence-corrected chi connectivity index (χ1v) is 9.66. The van der Waals surface area contributed by atoms with Crippen molar-refractivity contribution in [1.82, 2.24) is 19.8 Å². The largest absolute Gasteiger partial charge is 0.480 e. The fourth-order valence-corrected chi connectivity index (χ4v) is 3.56. The SMILES string of the molecule is COc1cncc(OC2CCN(C(=O)CN3CCN(c4ccc(F)cc4)C3=O)C2)n1. The molecule has 158 valence electrons. The summed E-state index contributed by atoms with van der Waals surface area (Å²) >= 11 is 0. The van der Waals surface area contributed by atoms with Crippen molar-refractivity contribution in [3.8, 4) is 11.8 Å². The molecular weight excluding hydrogens is 393 g/mol. The van der Waals surface area contributed by atoms with Crippen LogP contribution < -0.4 is 14.4 Å². The van der Waals surface area contributed by atoms with Crippen LogP contribution in [0.4, 0.5) is 14.9 Å². The maximum absolute atomic E-state index is 13.1. The molecule has 0 bridgehead atoms. The second kappa shape index (κ2) is 8.52. The zero-order valence-electron chi connectivity index (χ0n) is 16.5. The third-order valence-electron chi connectivity index (χ3n) is 5.14. The van der Waals surface area contributed by atoms with Gasteiger partial charge in [-0.2, -0.15) is 4.98 Å². The smallest absolute Gasteiger partial charge is 0.325 e.